The highest BCUT2D eigenvalue weighted by molar-refractivity contribution is 9.08. The number of aromatic nitrogens is 1. The van der Waals surface area contributed by atoms with Crippen molar-refractivity contribution >= 4 is 32.8 Å². The first kappa shape index (κ1) is 24.3. The molecule has 0 unspecified atom stereocenters. The SMILES string of the molecule is COc1cc(OC)cc(-n2cc(C(=O)O)c(=O)c3ccc(OCCc4ccc(CBr)cc4)cc32)c1. The maximum Gasteiger partial charge on any atom is 0.341 e. The topological polar surface area (TPSA) is 87.0 Å². The van der Waals surface area contributed by atoms with E-state index in [1.54, 1.807) is 41.0 Å². The van der Waals surface area contributed by atoms with Crippen LogP contribution in [0.3, 0.4) is 0 Å². The summed E-state index contributed by atoms with van der Waals surface area (Å²) >= 11 is 3.45. The molecule has 1 N–H and O–H groups in total. The normalized spacial score (nSPS) is 10.8. The van der Waals surface area contributed by atoms with E-state index in [2.05, 4.69) is 40.2 Å². The van der Waals surface area contributed by atoms with Gasteiger partial charge in [-0.1, -0.05) is 40.2 Å². The van der Waals surface area contributed by atoms with Crippen molar-refractivity contribution in [2.24, 2.45) is 0 Å². The molecule has 0 aliphatic heterocycles. The predicted octanol–water partition coefficient (Wildman–Crippen LogP) is 5.22. The maximum absolute atomic E-state index is 12.9. The zero-order chi connectivity index (χ0) is 24.9. The Hall–Kier alpha value is -3.78. The fourth-order valence-corrected chi connectivity index (χ4v) is 4.15. The van der Waals surface area contributed by atoms with Gasteiger partial charge in [0.15, 0.2) is 0 Å². The van der Waals surface area contributed by atoms with Gasteiger partial charge in [0.1, 0.15) is 22.8 Å². The fraction of sp³-hybridized carbons (Fsp3) is 0.185. The lowest BCUT2D eigenvalue weighted by molar-refractivity contribution is 0.0695. The third-order valence-electron chi connectivity index (χ3n) is 5.66. The number of carboxylic acids is 1. The summed E-state index contributed by atoms with van der Waals surface area (Å²) in [4.78, 5) is 24.7. The summed E-state index contributed by atoms with van der Waals surface area (Å²) in [5.41, 5.74) is 2.56. The van der Waals surface area contributed by atoms with Crippen LogP contribution in [0.1, 0.15) is 21.5 Å². The number of benzene rings is 3. The highest BCUT2D eigenvalue weighted by atomic mass is 79.9. The van der Waals surface area contributed by atoms with Crippen LogP contribution in [0, 0.1) is 0 Å². The second-order valence-corrected chi connectivity index (χ2v) is 8.41. The van der Waals surface area contributed by atoms with E-state index in [0.717, 1.165) is 17.3 Å². The second-order valence-electron chi connectivity index (χ2n) is 7.85. The first-order valence-corrected chi connectivity index (χ1v) is 12.0. The van der Waals surface area contributed by atoms with Gasteiger partial charge >= 0.3 is 5.97 Å². The van der Waals surface area contributed by atoms with Gasteiger partial charge < -0.3 is 23.9 Å². The lowest BCUT2D eigenvalue weighted by atomic mass is 10.1. The van der Waals surface area contributed by atoms with Crippen molar-refractivity contribution in [2.75, 3.05) is 20.8 Å². The van der Waals surface area contributed by atoms with Crippen molar-refractivity contribution in [3.05, 3.63) is 93.8 Å². The number of nitrogens with zero attached hydrogens (tertiary/aromatic N) is 1. The Morgan fingerprint density at radius 2 is 1.57 bits per heavy atom. The lowest BCUT2D eigenvalue weighted by Crippen LogP contribution is -2.18. The molecule has 4 rings (SSSR count). The van der Waals surface area contributed by atoms with Crippen molar-refractivity contribution in [3.8, 4) is 22.9 Å². The van der Waals surface area contributed by atoms with E-state index in [9.17, 15) is 14.7 Å². The third-order valence-corrected chi connectivity index (χ3v) is 6.31. The molecule has 0 aliphatic carbocycles. The van der Waals surface area contributed by atoms with E-state index >= 15 is 0 Å². The summed E-state index contributed by atoms with van der Waals surface area (Å²) in [5.74, 6) is 0.329. The molecule has 0 saturated heterocycles. The molecule has 0 bridgehead atoms. The molecular weight excluding hydrogens is 514 g/mol. The minimum absolute atomic E-state index is 0.268. The Kier molecular flexibility index (Phi) is 7.41. The van der Waals surface area contributed by atoms with Crippen molar-refractivity contribution in [3.63, 3.8) is 0 Å². The summed E-state index contributed by atoms with van der Waals surface area (Å²) < 4.78 is 18.4. The molecule has 0 saturated carbocycles. The number of pyridine rings is 1. The first-order valence-electron chi connectivity index (χ1n) is 10.9. The molecule has 0 fully saturated rings. The number of alkyl halides is 1. The van der Waals surface area contributed by atoms with Crippen LogP contribution in [0.2, 0.25) is 0 Å². The molecule has 0 radical (unpaired) electrons. The monoisotopic (exact) mass is 537 g/mol. The summed E-state index contributed by atoms with van der Waals surface area (Å²) in [5, 5.41) is 10.7. The lowest BCUT2D eigenvalue weighted by Gasteiger charge is -2.16. The number of ether oxygens (including phenoxy) is 3. The molecule has 180 valence electrons. The van der Waals surface area contributed by atoms with Crippen molar-refractivity contribution in [2.45, 2.75) is 11.8 Å². The number of fused-ring (bicyclic) bond motifs is 1. The molecule has 3 aromatic carbocycles. The average molecular weight is 538 g/mol. The van der Waals surface area contributed by atoms with Crippen LogP contribution in [0.4, 0.5) is 0 Å². The van der Waals surface area contributed by atoms with Crippen molar-refractivity contribution < 1.29 is 24.1 Å². The molecule has 4 aromatic rings. The minimum Gasteiger partial charge on any atom is -0.497 e. The molecule has 1 heterocycles. The highest BCUT2D eigenvalue weighted by Crippen LogP contribution is 2.29. The Morgan fingerprint density at radius 1 is 0.914 bits per heavy atom. The summed E-state index contributed by atoms with van der Waals surface area (Å²) in [6.07, 6.45) is 2.04. The molecule has 0 spiro atoms. The van der Waals surface area contributed by atoms with Crippen LogP contribution in [0.25, 0.3) is 16.6 Å². The molecule has 35 heavy (non-hydrogen) atoms. The van der Waals surface area contributed by atoms with Gasteiger partial charge in [-0.05, 0) is 23.3 Å². The molecule has 0 amide bonds. The Labute approximate surface area is 210 Å². The number of rotatable bonds is 9. The summed E-state index contributed by atoms with van der Waals surface area (Å²) in [6.45, 7) is 0.448. The van der Waals surface area contributed by atoms with Crippen LogP contribution >= 0.6 is 15.9 Å². The number of carbonyl (C=O) groups is 1. The number of halogens is 1. The number of methoxy groups -OCH3 is 2. The van der Waals surface area contributed by atoms with Gasteiger partial charge in [0.2, 0.25) is 5.43 Å². The molecular formula is C27H24BrNO6. The van der Waals surface area contributed by atoms with Crippen LogP contribution in [-0.2, 0) is 11.8 Å². The zero-order valence-corrected chi connectivity index (χ0v) is 20.9. The first-order chi connectivity index (χ1) is 16.9. The van der Waals surface area contributed by atoms with Gasteiger partial charge in [-0.2, -0.15) is 0 Å². The smallest absolute Gasteiger partial charge is 0.341 e. The van der Waals surface area contributed by atoms with E-state index < -0.39 is 11.4 Å². The van der Waals surface area contributed by atoms with Gasteiger partial charge in [0.05, 0.1) is 32.0 Å². The predicted molar refractivity (Wildman–Crippen MR) is 138 cm³/mol. The Balaban J connectivity index is 1.73. The largest absolute Gasteiger partial charge is 0.497 e. The zero-order valence-electron chi connectivity index (χ0n) is 19.3. The number of carboxylic acid groups (broad SMARTS) is 1. The van der Waals surface area contributed by atoms with Crippen molar-refractivity contribution in [1.82, 2.24) is 4.57 Å². The number of hydrogen-bond acceptors (Lipinski definition) is 5. The summed E-state index contributed by atoms with van der Waals surface area (Å²) in [7, 11) is 3.06. The number of hydrogen-bond donors (Lipinski definition) is 1. The van der Waals surface area contributed by atoms with E-state index in [-0.39, 0.29) is 10.9 Å². The highest BCUT2D eigenvalue weighted by Gasteiger charge is 2.17. The van der Waals surface area contributed by atoms with Gasteiger partial charge in [-0.15, -0.1) is 0 Å². The minimum atomic E-state index is -1.30. The molecule has 0 aliphatic rings. The third kappa shape index (κ3) is 5.33. The Bertz CT molecular complexity index is 1410. The van der Waals surface area contributed by atoms with Gasteiger partial charge in [-0.3, -0.25) is 4.79 Å². The van der Waals surface area contributed by atoms with Crippen LogP contribution < -0.4 is 19.6 Å². The molecule has 8 heteroatoms. The van der Waals surface area contributed by atoms with Crippen LogP contribution in [-0.4, -0.2) is 36.5 Å². The fourth-order valence-electron chi connectivity index (χ4n) is 3.77. The van der Waals surface area contributed by atoms with Gasteiger partial charge in [-0.25, -0.2) is 4.79 Å². The molecule has 7 nitrogen and oxygen atoms in total. The van der Waals surface area contributed by atoms with Crippen molar-refractivity contribution in [1.29, 1.82) is 0 Å². The van der Waals surface area contributed by atoms with Crippen LogP contribution in [0.15, 0.2) is 71.7 Å². The molecule has 1 aromatic heterocycles. The van der Waals surface area contributed by atoms with E-state index in [0.29, 0.717) is 35.1 Å². The van der Waals surface area contributed by atoms with Crippen LogP contribution in [0.5, 0.6) is 17.2 Å². The number of aromatic carboxylic acids is 1. The molecule has 0 atom stereocenters. The van der Waals surface area contributed by atoms with E-state index in [4.69, 9.17) is 14.2 Å². The Morgan fingerprint density at radius 3 is 2.17 bits per heavy atom. The summed E-state index contributed by atoms with van der Waals surface area (Å²) in [6, 6.07) is 18.5. The van der Waals surface area contributed by atoms with Gasteiger partial charge in [0, 0.05) is 47.6 Å². The average Bonchev–Trinajstić information content (AvgIpc) is 2.88. The second kappa shape index (κ2) is 10.7. The van der Waals surface area contributed by atoms with E-state index in [1.165, 1.54) is 26.0 Å². The quantitative estimate of drug-likeness (QED) is 0.294. The van der Waals surface area contributed by atoms with E-state index in [1.807, 2.05) is 0 Å². The maximum atomic E-state index is 12.9. The standard InChI is InChI=1S/C27H24BrNO6/c1-33-21-11-19(12-22(13-21)34-2)29-16-24(27(31)32)26(30)23-8-7-20(14-25(23)29)35-10-9-17-3-5-18(15-28)6-4-17/h3-8,11-14,16H,9-10,15H2,1-2H3,(H,31,32). The van der Waals surface area contributed by atoms with Gasteiger partial charge in [0.25, 0.3) is 0 Å².